The molecule has 1 N–H and O–H groups in total. The predicted molar refractivity (Wildman–Crippen MR) is 73.0 cm³/mol. The van der Waals surface area contributed by atoms with Crippen molar-refractivity contribution < 1.29 is 4.74 Å². The van der Waals surface area contributed by atoms with Crippen LogP contribution in [0.5, 0.6) is 0 Å². The van der Waals surface area contributed by atoms with Gasteiger partial charge in [0.05, 0.1) is 11.8 Å². The molecule has 0 bridgehead atoms. The van der Waals surface area contributed by atoms with Gasteiger partial charge in [0, 0.05) is 43.2 Å². The number of hydrogen-bond donors (Lipinski definition) is 1. The summed E-state index contributed by atoms with van der Waals surface area (Å²) in [6.45, 7) is 5.69. The Morgan fingerprint density at radius 1 is 1.47 bits per heavy atom. The second kappa shape index (κ2) is 5.27. The zero-order valence-corrected chi connectivity index (χ0v) is 11.5. The van der Waals surface area contributed by atoms with E-state index >= 15 is 0 Å². The summed E-state index contributed by atoms with van der Waals surface area (Å²) < 4.78 is 7.40. The summed E-state index contributed by atoms with van der Waals surface area (Å²) in [5.41, 5.74) is 3.06. The van der Waals surface area contributed by atoms with Crippen molar-refractivity contribution in [1.29, 1.82) is 0 Å². The Kier molecular flexibility index (Phi) is 3.48. The molecule has 102 valence electrons. The summed E-state index contributed by atoms with van der Waals surface area (Å²) >= 11 is 0. The van der Waals surface area contributed by atoms with Gasteiger partial charge in [-0.25, -0.2) is 9.50 Å². The van der Waals surface area contributed by atoms with Crippen LogP contribution in [0.3, 0.4) is 0 Å². The van der Waals surface area contributed by atoms with Crippen LogP contribution in [0.4, 0.5) is 0 Å². The van der Waals surface area contributed by atoms with E-state index in [0.29, 0.717) is 12.1 Å². The van der Waals surface area contributed by atoms with Crippen molar-refractivity contribution in [2.75, 3.05) is 6.61 Å². The average Bonchev–Trinajstić information content (AvgIpc) is 2.71. The molecule has 0 aromatic carbocycles. The third-order valence-electron chi connectivity index (χ3n) is 3.58. The van der Waals surface area contributed by atoms with Crippen molar-refractivity contribution in [3.05, 3.63) is 29.7 Å². The van der Waals surface area contributed by atoms with Gasteiger partial charge in [-0.05, 0) is 26.7 Å². The normalized spacial score (nSPS) is 22.6. The standard InChI is InChI=1S/C14H20N4O/c1-3-19-13-5-12(6-13)15-7-11-8-16-14-4-10(2)17-18(14)9-11/h4,8-9,12-13,15H,3,5-7H2,1-2H3. The molecule has 0 radical (unpaired) electrons. The van der Waals surface area contributed by atoms with E-state index in [1.807, 2.05) is 36.8 Å². The zero-order chi connectivity index (χ0) is 13.2. The van der Waals surface area contributed by atoms with Gasteiger partial charge in [0.2, 0.25) is 0 Å². The van der Waals surface area contributed by atoms with Crippen molar-refractivity contribution in [3.63, 3.8) is 0 Å². The van der Waals surface area contributed by atoms with E-state index < -0.39 is 0 Å². The first-order valence-electron chi connectivity index (χ1n) is 6.90. The molecule has 2 aromatic rings. The maximum absolute atomic E-state index is 5.55. The molecule has 0 unspecified atom stereocenters. The highest BCUT2D eigenvalue weighted by Gasteiger charge is 2.28. The van der Waals surface area contributed by atoms with Crippen LogP contribution in [-0.2, 0) is 11.3 Å². The Morgan fingerprint density at radius 2 is 2.32 bits per heavy atom. The Hall–Kier alpha value is -1.46. The topological polar surface area (TPSA) is 51.5 Å². The lowest BCUT2D eigenvalue weighted by Crippen LogP contribution is -2.45. The first kappa shape index (κ1) is 12.6. The first-order chi connectivity index (χ1) is 9.24. The minimum atomic E-state index is 0.455. The number of hydrogen-bond acceptors (Lipinski definition) is 4. The molecule has 1 fully saturated rings. The molecule has 0 aliphatic heterocycles. The van der Waals surface area contributed by atoms with E-state index in [0.717, 1.165) is 42.9 Å². The monoisotopic (exact) mass is 260 g/mol. The summed E-state index contributed by atoms with van der Waals surface area (Å²) in [5, 5.41) is 7.91. The summed E-state index contributed by atoms with van der Waals surface area (Å²) in [5.74, 6) is 0. The van der Waals surface area contributed by atoms with Gasteiger partial charge in [0.1, 0.15) is 0 Å². The predicted octanol–water partition coefficient (Wildman–Crippen LogP) is 1.69. The Morgan fingerprint density at radius 3 is 3.11 bits per heavy atom. The molecule has 0 amide bonds. The smallest absolute Gasteiger partial charge is 0.155 e. The van der Waals surface area contributed by atoms with Gasteiger partial charge in [-0.3, -0.25) is 0 Å². The number of aromatic nitrogens is 3. The molecular weight excluding hydrogens is 240 g/mol. The molecule has 0 atom stereocenters. The largest absolute Gasteiger partial charge is 0.378 e. The van der Waals surface area contributed by atoms with Gasteiger partial charge in [-0.1, -0.05) is 0 Å². The third-order valence-corrected chi connectivity index (χ3v) is 3.58. The number of ether oxygens (including phenoxy) is 1. The summed E-state index contributed by atoms with van der Waals surface area (Å²) in [4.78, 5) is 4.40. The molecular formula is C14H20N4O. The van der Waals surface area contributed by atoms with Gasteiger partial charge in [0.15, 0.2) is 5.65 Å². The third kappa shape index (κ3) is 2.77. The summed E-state index contributed by atoms with van der Waals surface area (Å²) in [6.07, 6.45) is 6.65. The zero-order valence-electron chi connectivity index (χ0n) is 11.5. The van der Waals surface area contributed by atoms with E-state index in [9.17, 15) is 0 Å². The Bertz CT molecular complexity index is 560. The van der Waals surface area contributed by atoms with Crippen LogP contribution in [-0.4, -0.2) is 33.4 Å². The Balaban J connectivity index is 1.54. The van der Waals surface area contributed by atoms with Gasteiger partial charge < -0.3 is 10.1 Å². The number of nitrogens with one attached hydrogen (secondary N) is 1. The van der Waals surface area contributed by atoms with Crippen LogP contribution in [0.2, 0.25) is 0 Å². The van der Waals surface area contributed by atoms with E-state index in [1.165, 1.54) is 0 Å². The summed E-state index contributed by atoms with van der Waals surface area (Å²) in [6, 6.07) is 2.56. The number of nitrogens with zero attached hydrogens (tertiary/aromatic N) is 3. The second-order valence-corrected chi connectivity index (χ2v) is 5.18. The van der Waals surface area contributed by atoms with Crippen LogP contribution in [0, 0.1) is 6.92 Å². The SMILES string of the molecule is CCOC1CC(NCc2cnc3cc(C)nn3c2)C1. The molecule has 1 aliphatic carbocycles. The lowest BCUT2D eigenvalue weighted by molar-refractivity contribution is -0.0102. The molecule has 2 heterocycles. The molecule has 1 aliphatic rings. The van der Waals surface area contributed by atoms with Crippen LogP contribution in [0.1, 0.15) is 31.0 Å². The van der Waals surface area contributed by atoms with Crippen LogP contribution >= 0.6 is 0 Å². The van der Waals surface area contributed by atoms with Gasteiger partial charge in [0.25, 0.3) is 0 Å². The van der Waals surface area contributed by atoms with E-state index in [1.54, 1.807) is 0 Å². The van der Waals surface area contributed by atoms with E-state index in [-0.39, 0.29) is 0 Å². The minimum Gasteiger partial charge on any atom is -0.378 e. The van der Waals surface area contributed by atoms with E-state index in [4.69, 9.17) is 4.74 Å². The fourth-order valence-corrected chi connectivity index (χ4v) is 2.49. The minimum absolute atomic E-state index is 0.455. The quantitative estimate of drug-likeness (QED) is 0.889. The second-order valence-electron chi connectivity index (χ2n) is 5.18. The number of aryl methyl sites for hydroxylation is 1. The summed E-state index contributed by atoms with van der Waals surface area (Å²) in [7, 11) is 0. The first-order valence-corrected chi connectivity index (χ1v) is 6.90. The van der Waals surface area contributed by atoms with Crippen LogP contribution in [0.15, 0.2) is 18.5 Å². The maximum atomic E-state index is 5.55. The van der Waals surface area contributed by atoms with Crippen molar-refractivity contribution >= 4 is 5.65 Å². The molecule has 19 heavy (non-hydrogen) atoms. The highest BCUT2D eigenvalue weighted by atomic mass is 16.5. The molecule has 5 heteroatoms. The molecule has 1 saturated carbocycles. The van der Waals surface area contributed by atoms with Gasteiger partial charge in [-0.2, -0.15) is 5.10 Å². The lowest BCUT2D eigenvalue weighted by Gasteiger charge is -2.35. The average molecular weight is 260 g/mol. The van der Waals surface area contributed by atoms with Crippen molar-refractivity contribution in [2.24, 2.45) is 0 Å². The van der Waals surface area contributed by atoms with Crippen molar-refractivity contribution in [3.8, 4) is 0 Å². The molecule has 0 saturated heterocycles. The van der Waals surface area contributed by atoms with Crippen LogP contribution in [0.25, 0.3) is 5.65 Å². The van der Waals surface area contributed by atoms with Crippen LogP contribution < -0.4 is 5.32 Å². The Labute approximate surface area is 113 Å². The lowest BCUT2D eigenvalue weighted by atomic mass is 9.89. The fourth-order valence-electron chi connectivity index (χ4n) is 2.49. The van der Waals surface area contributed by atoms with Gasteiger partial charge >= 0.3 is 0 Å². The maximum Gasteiger partial charge on any atom is 0.155 e. The van der Waals surface area contributed by atoms with Crippen molar-refractivity contribution in [1.82, 2.24) is 19.9 Å². The molecule has 2 aromatic heterocycles. The molecule has 3 rings (SSSR count). The molecule has 0 spiro atoms. The molecule has 5 nitrogen and oxygen atoms in total. The number of rotatable bonds is 5. The van der Waals surface area contributed by atoms with Gasteiger partial charge in [-0.15, -0.1) is 0 Å². The number of fused-ring (bicyclic) bond motifs is 1. The van der Waals surface area contributed by atoms with E-state index in [2.05, 4.69) is 15.4 Å². The highest BCUT2D eigenvalue weighted by Crippen LogP contribution is 2.23. The highest BCUT2D eigenvalue weighted by molar-refractivity contribution is 5.38. The fraction of sp³-hybridized carbons (Fsp3) is 0.571. The van der Waals surface area contributed by atoms with Crippen molar-refractivity contribution in [2.45, 2.75) is 45.4 Å².